The Morgan fingerprint density at radius 2 is 2.05 bits per heavy atom. The lowest BCUT2D eigenvalue weighted by Gasteiger charge is -2.13. The van der Waals surface area contributed by atoms with Gasteiger partial charge in [-0.15, -0.1) is 12.4 Å². The Morgan fingerprint density at radius 3 is 2.55 bits per heavy atom. The zero-order valence-corrected chi connectivity index (χ0v) is 14.8. The first-order valence-electron chi connectivity index (χ1n) is 6.79. The number of halogens is 1. The normalized spacial score (nSPS) is 12.5. The van der Waals surface area contributed by atoms with Gasteiger partial charge in [0, 0.05) is 25.1 Å². The van der Waals surface area contributed by atoms with Crippen molar-refractivity contribution < 1.29 is 22.4 Å². The molecule has 0 saturated heterocycles. The van der Waals surface area contributed by atoms with E-state index >= 15 is 0 Å². The van der Waals surface area contributed by atoms with Crippen LogP contribution in [0.4, 0.5) is 0 Å². The summed E-state index contributed by atoms with van der Waals surface area (Å²) < 4.78 is 36.9. The van der Waals surface area contributed by atoms with Crippen molar-refractivity contribution in [2.24, 2.45) is 0 Å². The number of rotatable bonds is 8. The lowest BCUT2D eigenvalue weighted by molar-refractivity contribution is 0.0563. The minimum absolute atomic E-state index is 0. The van der Waals surface area contributed by atoms with Gasteiger partial charge >= 0.3 is 5.97 Å². The van der Waals surface area contributed by atoms with Crippen molar-refractivity contribution in [1.82, 2.24) is 10.0 Å². The molecule has 0 aliphatic heterocycles. The summed E-state index contributed by atoms with van der Waals surface area (Å²) in [6, 6.07) is 1.20. The van der Waals surface area contributed by atoms with Crippen LogP contribution in [-0.2, 0) is 21.2 Å². The molecule has 2 N–H and O–H groups in total. The Morgan fingerprint density at radius 1 is 1.41 bits per heavy atom. The van der Waals surface area contributed by atoms with Gasteiger partial charge in [0.25, 0.3) is 0 Å². The van der Waals surface area contributed by atoms with Crippen molar-refractivity contribution in [3.63, 3.8) is 0 Å². The van der Waals surface area contributed by atoms with Gasteiger partial charge in [0.2, 0.25) is 15.8 Å². The number of likely N-dealkylation sites (N-methyl/N-ethyl adjacent to an activating group) is 1. The molecule has 9 heteroatoms. The van der Waals surface area contributed by atoms with Gasteiger partial charge in [0.15, 0.2) is 0 Å². The number of esters is 1. The Kier molecular flexibility index (Phi) is 8.69. The van der Waals surface area contributed by atoms with E-state index in [1.165, 1.54) is 13.2 Å². The van der Waals surface area contributed by atoms with Gasteiger partial charge in [-0.25, -0.2) is 17.9 Å². The molecule has 128 valence electrons. The number of hydrogen-bond donors (Lipinski definition) is 2. The molecule has 0 amide bonds. The number of carbonyl (C=O) groups excluding carboxylic acids is 1. The van der Waals surface area contributed by atoms with E-state index in [2.05, 4.69) is 14.8 Å². The molecular formula is C13H23ClN2O5S. The summed E-state index contributed by atoms with van der Waals surface area (Å²) in [4.78, 5) is 11.4. The molecule has 1 rings (SSSR count). The van der Waals surface area contributed by atoms with Gasteiger partial charge in [0.05, 0.1) is 7.11 Å². The van der Waals surface area contributed by atoms with Crippen LogP contribution in [0.5, 0.6) is 0 Å². The quantitative estimate of drug-likeness (QED) is 0.683. The van der Waals surface area contributed by atoms with Gasteiger partial charge in [-0.3, -0.25) is 0 Å². The molecule has 1 heterocycles. The molecular weight excluding hydrogens is 332 g/mol. The SMILES string of the molecule is CCN[C@H](C)CNS(=O)(=O)c1cc(C(=O)OC)oc1CC.Cl. The predicted molar refractivity (Wildman–Crippen MR) is 85.0 cm³/mol. The zero-order chi connectivity index (χ0) is 16.0. The molecule has 0 saturated carbocycles. The van der Waals surface area contributed by atoms with E-state index in [4.69, 9.17) is 4.42 Å². The van der Waals surface area contributed by atoms with Crippen molar-refractivity contribution in [3.8, 4) is 0 Å². The van der Waals surface area contributed by atoms with Crippen LogP contribution in [0.3, 0.4) is 0 Å². The standard InChI is InChI=1S/C13H22N2O5S.ClH/c1-5-10-12(7-11(20-10)13(16)19-4)21(17,18)15-8-9(3)14-6-2;/h7,9,14-15H,5-6,8H2,1-4H3;1H/t9-;/m1./s1. The van der Waals surface area contributed by atoms with E-state index in [1.54, 1.807) is 6.92 Å². The Labute approximate surface area is 137 Å². The minimum Gasteiger partial charge on any atom is -0.463 e. The Bertz CT molecular complexity index is 585. The number of sulfonamides is 1. The van der Waals surface area contributed by atoms with Crippen LogP contribution in [0.1, 0.15) is 37.1 Å². The third kappa shape index (κ3) is 5.28. The fraction of sp³-hybridized carbons (Fsp3) is 0.615. The van der Waals surface area contributed by atoms with Crippen LogP contribution in [0.25, 0.3) is 0 Å². The van der Waals surface area contributed by atoms with Crippen LogP contribution < -0.4 is 10.0 Å². The maximum Gasteiger partial charge on any atom is 0.373 e. The fourth-order valence-corrected chi connectivity index (χ4v) is 3.19. The van der Waals surface area contributed by atoms with Gasteiger partial charge in [-0.05, 0) is 13.5 Å². The minimum atomic E-state index is -3.73. The van der Waals surface area contributed by atoms with E-state index in [1.807, 2.05) is 13.8 Å². The largest absolute Gasteiger partial charge is 0.463 e. The highest BCUT2D eigenvalue weighted by Crippen LogP contribution is 2.22. The molecule has 1 atom stereocenters. The van der Waals surface area contributed by atoms with E-state index in [0.717, 1.165) is 6.54 Å². The van der Waals surface area contributed by atoms with E-state index in [0.29, 0.717) is 6.42 Å². The summed E-state index contributed by atoms with van der Waals surface area (Å²) in [5.74, 6) is -0.583. The van der Waals surface area contributed by atoms with Gasteiger partial charge in [-0.1, -0.05) is 13.8 Å². The molecule has 1 aromatic rings. The molecule has 0 spiro atoms. The van der Waals surface area contributed by atoms with Crippen LogP contribution >= 0.6 is 12.4 Å². The number of methoxy groups -OCH3 is 1. The smallest absolute Gasteiger partial charge is 0.373 e. The summed E-state index contributed by atoms with van der Waals surface area (Å²) in [5.41, 5.74) is 0. The molecule has 0 unspecified atom stereocenters. The first-order valence-corrected chi connectivity index (χ1v) is 8.28. The molecule has 0 bridgehead atoms. The lowest BCUT2D eigenvalue weighted by atomic mass is 10.3. The van der Waals surface area contributed by atoms with Gasteiger partial charge in [0.1, 0.15) is 10.7 Å². The highest BCUT2D eigenvalue weighted by Gasteiger charge is 2.25. The van der Waals surface area contributed by atoms with Crippen LogP contribution in [0, 0.1) is 0 Å². The van der Waals surface area contributed by atoms with E-state index in [-0.39, 0.29) is 41.4 Å². The number of nitrogens with one attached hydrogen (secondary N) is 2. The third-order valence-electron chi connectivity index (χ3n) is 2.90. The highest BCUT2D eigenvalue weighted by atomic mass is 35.5. The summed E-state index contributed by atoms with van der Waals surface area (Å²) >= 11 is 0. The molecule has 0 aliphatic rings. The van der Waals surface area contributed by atoms with Crippen molar-refractivity contribution in [1.29, 1.82) is 0 Å². The number of furan rings is 1. The number of ether oxygens (including phenoxy) is 1. The topological polar surface area (TPSA) is 97.6 Å². The maximum atomic E-state index is 12.3. The first-order chi connectivity index (χ1) is 9.85. The summed E-state index contributed by atoms with van der Waals surface area (Å²) in [5, 5.41) is 3.11. The zero-order valence-electron chi connectivity index (χ0n) is 13.1. The summed E-state index contributed by atoms with van der Waals surface area (Å²) in [7, 11) is -2.52. The Balaban J connectivity index is 0.00000441. The monoisotopic (exact) mass is 354 g/mol. The second kappa shape index (κ2) is 9.14. The average Bonchev–Trinajstić information content (AvgIpc) is 2.90. The van der Waals surface area contributed by atoms with Gasteiger partial charge < -0.3 is 14.5 Å². The fourth-order valence-electron chi connectivity index (χ4n) is 1.82. The second-order valence-corrected chi connectivity index (χ2v) is 6.29. The molecule has 0 radical (unpaired) electrons. The van der Waals surface area contributed by atoms with E-state index in [9.17, 15) is 13.2 Å². The molecule has 0 aromatic carbocycles. The van der Waals surface area contributed by atoms with Crippen LogP contribution in [0.15, 0.2) is 15.4 Å². The molecule has 0 aliphatic carbocycles. The second-order valence-electron chi connectivity index (χ2n) is 4.55. The van der Waals surface area contributed by atoms with Crippen molar-refractivity contribution in [3.05, 3.63) is 17.6 Å². The highest BCUT2D eigenvalue weighted by molar-refractivity contribution is 7.89. The molecule has 7 nitrogen and oxygen atoms in total. The Hall–Kier alpha value is -1.09. The lowest BCUT2D eigenvalue weighted by Crippen LogP contribution is -2.38. The van der Waals surface area contributed by atoms with Crippen molar-refractivity contribution in [2.45, 2.75) is 38.1 Å². The van der Waals surface area contributed by atoms with Crippen molar-refractivity contribution >= 4 is 28.4 Å². The number of aryl methyl sites for hydroxylation is 1. The predicted octanol–water partition coefficient (Wildman–Crippen LogP) is 1.33. The van der Waals surface area contributed by atoms with Crippen LogP contribution in [-0.4, -0.2) is 40.6 Å². The number of hydrogen-bond acceptors (Lipinski definition) is 6. The van der Waals surface area contributed by atoms with Crippen LogP contribution in [0.2, 0.25) is 0 Å². The molecule has 0 fully saturated rings. The first kappa shape index (κ1) is 20.9. The molecule has 22 heavy (non-hydrogen) atoms. The maximum absolute atomic E-state index is 12.3. The van der Waals surface area contributed by atoms with E-state index < -0.39 is 16.0 Å². The summed E-state index contributed by atoms with van der Waals surface area (Å²) in [6.45, 7) is 6.57. The summed E-state index contributed by atoms with van der Waals surface area (Å²) in [6.07, 6.45) is 0.357. The van der Waals surface area contributed by atoms with Crippen molar-refractivity contribution in [2.75, 3.05) is 20.2 Å². The number of carbonyl (C=O) groups is 1. The average molecular weight is 355 g/mol. The van der Waals surface area contributed by atoms with Gasteiger partial charge in [-0.2, -0.15) is 0 Å². The molecule has 1 aromatic heterocycles. The third-order valence-corrected chi connectivity index (χ3v) is 4.37.